The van der Waals surface area contributed by atoms with Gasteiger partial charge in [-0.05, 0) is 26.2 Å². The maximum absolute atomic E-state index is 10.3. The third-order valence-corrected chi connectivity index (χ3v) is 2.23. The van der Waals surface area contributed by atoms with E-state index in [-0.39, 0.29) is 6.42 Å². The molecule has 0 bridgehead atoms. The summed E-state index contributed by atoms with van der Waals surface area (Å²) in [6.45, 7) is 2.75. The number of aromatic nitrogens is 2. The summed E-state index contributed by atoms with van der Waals surface area (Å²) >= 11 is 0. The van der Waals surface area contributed by atoms with Gasteiger partial charge in [-0.3, -0.25) is 9.48 Å². The Hall–Kier alpha value is -1.52. The highest BCUT2D eigenvalue weighted by molar-refractivity contribution is 5.66. The summed E-state index contributed by atoms with van der Waals surface area (Å²) in [6, 6.07) is 1.85. The molecule has 0 saturated heterocycles. The van der Waals surface area contributed by atoms with Crippen molar-refractivity contribution in [3.63, 3.8) is 0 Å². The standard InChI is InChI=1S/C10H17N3O2/c1-2-13-9(11)7-8(12-13)5-3-4-6-10(14)15/h7H,2-6,11H2,1H3,(H,14,15). The van der Waals surface area contributed by atoms with Gasteiger partial charge in [0.2, 0.25) is 0 Å². The number of anilines is 1. The first-order chi connectivity index (χ1) is 7.13. The Morgan fingerprint density at radius 1 is 1.60 bits per heavy atom. The molecule has 0 aromatic carbocycles. The number of nitrogens with two attached hydrogens (primary N) is 1. The van der Waals surface area contributed by atoms with E-state index in [1.165, 1.54) is 0 Å². The number of aliphatic carboxylic acids is 1. The third-order valence-electron chi connectivity index (χ3n) is 2.23. The lowest BCUT2D eigenvalue weighted by atomic mass is 10.1. The van der Waals surface area contributed by atoms with Gasteiger partial charge in [-0.15, -0.1) is 0 Å². The van der Waals surface area contributed by atoms with E-state index < -0.39 is 5.97 Å². The number of nitrogen functional groups attached to an aromatic ring is 1. The first kappa shape index (κ1) is 11.6. The zero-order valence-electron chi connectivity index (χ0n) is 8.94. The molecule has 3 N–H and O–H groups in total. The lowest BCUT2D eigenvalue weighted by Crippen LogP contribution is -2.02. The Labute approximate surface area is 88.9 Å². The average Bonchev–Trinajstić information content (AvgIpc) is 2.53. The molecule has 0 radical (unpaired) electrons. The lowest BCUT2D eigenvalue weighted by Gasteiger charge is -1.97. The van der Waals surface area contributed by atoms with Crippen molar-refractivity contribution < 1.29 is 9.90 Å². The molecule has 0 saturated carbocycles. The van der Waals surface area contributed by atoms with Crippen molar-refractivity contribution in [3.8, 4) is 0 Å². The molecule has 0 amide bonds. The Morgan fingerprint density at radius 3 is 2.87 bits per heavy atom. The summed E-state index contributed by atoms with van der Waals surface area (Å²) < 4.78 is 1.74. The first-order valence-electron chi connectivity index (χ1n) is 5.17. The molecule has 0 spiro atoms. The Bertz CT molecular complexity index is 333. The second-order valence-electron chi connectivity index (χ2n) is 3.48. The summed E-state index contributed by atoms with van der Waals surface area (Å²) in [4.78, 5) is 10.3. The van der Waals surface area contributed by atoms with Crippen LogP contribution in [0.4, 0.5) is 5.82 Å². The molecule has 0 atom stereocenters. The highest BCUT2D eigenvalue weighted by atomic mass is 16.4. The number of unbranched alkanes of at least 4 members (excludes halogenated alkanes) is 1. The molecule has 0 aliphatic rings. The lowest BCUT2D eigenvalue weighted by molar-refractivity contribution is -0.137. The minimum atomic E-state index is -0.742. The van der Waals surface area contributed by atoms with Crippen LogP contribution in [0.15, 0.2) is 6.07 Å². The van der Waals surface area contributed by atoms with Gasteiger partial charge in [0.05, 0.1) is 5.69 Å². The monoisotopic (exact) mass is 211 g/mol. The normalized spacial score (nSPS) is 10.5. The number of nitrogens with zero attached hydrogens (tertiary/aromatic N) is 2. The van der Waals surface area contributed by atoms with Crippen molar-refractivity contribution >= 4 is 11.8 Å². The number of carboxylic acid groups (broad SMARTS) is 1. The van der Waals surface area contributed by atoms with Crippen LogP contribution in [0, 0.1) is 0 Å². The number of hydrogen-bond donors (Lipinski definition) is 2. The third kappa shape index (κ3) is 3.61. The fourth-order valence-corrected chi connectivity index (χ4v) is 1.44. The van der Waals surface area contributed by atoms with Gasteiger partial charge in [-0.25, -0.2) is 0 Å². The van der Waals surface area contributed by atoms with E-state index in [0.717, 1.165) is 25.1 Å². The smallest absolute Gasteiger partial charge is 0.303 e. The van der Waals surface area contributed by atoms with Crippen LogP contribution in [-0.4, -0.2) is 20.9 Å². The van der Waals surface area contributed by atoms with Gasteiger partial charge in [0.25, 0.3) is 0 Å². The first-order valence-corrected chi connectivity index (χ1v) is 5.17. The number of carbonyl (C=O) groups is 1. The average molecular weight is 211 g/mol. The molecule has 5 heteroatoms. The highest BCUT2D eigenvalue weighted by Crippen LogP contribution is 2.09. The second kappa shape index (κ2) is 5.38. The van der Waals surface area contributed by atoms with Gasteiger partial charge < -0.3 is 10.8 Å². The summed E-state index contributed by atoms with van der Waals surface area (Å²) in [6.07, 6.45) is 2.55. The SMILES string of the molecule is CCn1nc(CCCCC(=O)O)cc1N. The van der Waals surface area contributed by atoms with E-state index in [9.17, 15) is 4.79 Å². The summed E-state index contributed by atoms with van der Waals surface area (Å²) in [5, 5.41) is 12.7. The van der Waals surface area contributed by atoms with Gasteiger partial charge >= 0.3 is 5.97 Å². The van der Waals surface area contributed by atoms with Crippen LogP contribution in [0.3, 0.4) is 0 Å². The van der Waals surface area contributed by atoms with Gasteiger partial charge in [0.1, 0.15) is 5.82 Å². The molecule has 1 rings (SSSR count). The van der Waals surface area contributed by atoms with E-state index in [0.29, 0.717) is 12.2 Å². The molecular weight excluding hydrogens is 194 g/mol. The van der Waals surface area contributed by atoms with E-state index in [1.54, 1.807) is 4.68 Å². The summed E-state index contributed by atoms with van der Waals surface area (Å²) in [7, 11) is 0. The molecule has 0 fully saturated rings. The van der Waals surface area contributed by atoms with E-state index in [1.807, 2.05) is 13.0 Å². The fraction of sp³-hybridized carbons (Fsp3) is 0.600. The van der Waals surface area contributed by atoms with Crippen LogP contribution in [-0.2, 0) is 17.8 Å². The second-order valence-corrected chi connectivity index (χ2v) is 3.48. The van der Waals surface area contributed by atoms with E-state index in [2.05, 4.69) is 5.10 Å². The molecule has 1 heterocycles. The van der Waals surface area contributed by atoms with Crippen LogP contribution in [0.25, 0.3) is 0 Å². The van der Waals surface area contributed by atoms with E-state index >= 15 is 0 Å². The number of rotatable bonds is 6. The van der Waals surface area contributed by atoms with E-state index in [4.69, 9.17) is 10.8 Å². The maximum atomic E-state index is 10.3. The van der Waals surface area contributed by atoms with Crippen molar-refractivity contribution in [2.45, 2.75) is 39.2 Å². The van der Waals surface area contributed by atoms with Gasteiger partial charge in [0, 0.05) is 19.0 Å². The Kier molecular flexibility index (Phi) is 4.15. The van der Waals surface area contributed by atoms with Crippen molar-refractivity contribution in [1.29, 1.82) is 0 Å². The van der Waals surface area contributed by atoms with Gasteiger partial charge in [0.15, 0.2) is 0 Å². The molecule has 0 aliphatic carbocycles. The van der Waals surface area contributed by atoms with Crippen LogP contribution >= 0.6 is 0 Å². The Balaban J connectivity index is 2.34. The molecule has 1 aromatic rings. The minimum absolute atomic E-state index is 0.226. The van der Waals surface area contributed by atoms with Crippen molar-refractivity contribution in [1.82, 2.24) is 9.78 Å². The predicted molar refractivity (Wildman–Crippen MR) is 57.5 cm³/mol. The number of carboxylic acids is 1. The van der Waals surface area contributed by atoms with Crippen LogP contribution < -0.4 is 5.73 Å². The molecule has 0 unspecified atom stereocenters. The molecular formula is C10H17N3O2. The maximum Gasteiger partial charge on any atom is 0.303 e. The number of hydrogen-bond acceptors (Lipinski definition) is 3. The quantitative estimate of drug-likeness (QED) is 0.694. The number of aryl methyl sites for hydroxylation is 2. The fourth-order valence-electron chi connectivity index (χ4n) is 1.44. The van der Waals surface area contributed by atoms with Crippen LogP contribution in [0.2, 0.25) is 0 Å². The van der Waals surface area contributed by atoms with Crippen LogP contribution in [0.5, 0.6) is 0 Å². The summed E-state index contributed by atoms with van der Waals surface area (Å²) in [5.41, 5.74) is 6.65. The zero-order valence-corrected chi connectivity index (χ0v) is 8.94. The van der Waals surface area contributed by atoms with Gasteiger partial charge in [-0.2, -0.15) is 5.10 Å². The van der Waals surface area contributed by atoms with Crippen molar-refractivity contribution in [2.75, 3.05) is 5.73 Å². The van der Waals surface area contributed by atoms with Gasteiger partial charge in [-0.1, -0.05) is 0 Å². The topological polar surface area (TPSA) is 81.1 Å². The zero-order chi connectivity index (χ0) is 11.3. The largest absolute Gasteiger partial charge is 0.481 e. The van der Waals surface area contributed by atoms with Crippen molar-refractivity contribution in [2.24, 2.45) is 0 Å². The highest BCUT2D eigenvalue weighted by Gasteiger charge is 2.03. The van der Waals surface area contributed by atoms with Crippen molar-refractivity contribution in [3.05, 3.63) is 11.8 Å². The summed E-state index contributed by atoms with van der Waals surface area (Å²) in [5.74, 6) is -0.0701. The Morgan fingerprint density at radius 2 is 2.33 bits per heavy atom. The molecule has 0 aliphatic heterocycles. The minimum Gasteiger partial charge on any atom is -0.481 e. The molecule has 1 aromatic heterocycles. The van der Waals surface area contributed by atoms with Crippen LogP contribution in [0.1, 0.15) is 31.9 Å². The molecule has 5 nitrogen and oxygen atoms in total. The molecule has 84 valence electrons. The molecule has 15 heavy (non-hydrogen) atoms. The predicted octanol–water partition coefficient (Wildman–Crippen LogP) is 1.28.